The maximum atomic E-state index is 11.7. The Morgan fingerprint density at radius 2 is 1.88 bits per heavy atom. The molecule has 0 bridgehead atoms. The van der Waals surface area contributed by atoms with Gasteiger partial charge in [0.05, 0.1) is 4.90 Å². The highest BCUT2D eigenvalue weighted by atomic mass is 32.2. The van der Waals surface area contributed by atoms with Crippen molar-refractivity contribution in [2.75, 3.05) is 0 Å². The van der Waals surface area contributed by atoms with Crippen LogP contribution in [0.25, 0.3) is 0 Å². The van der Waals surface area contributed by atoms with E-state index >= 15 is 0 Å². The molecule has 0 aliphatic heterocycles. The summed E-state index contributed by atoms with van der Waals surface area (Å²) in [6.45, 7) is 3.98. The van der Waals surface area contributed by atoms with Gasteiger partial charge in [0.25, 0.3) is 10.0 Å². The Labute approximate surface area is 97.3 Å². The summed E-state index contributed by atoms with van der Waals surface area (Å²) in [5.41, 5.74) is 1.04. The van der Waals surface area contributed by atoms with Gasteiger partial charge in [-0.2, -0.15) is 12.8 Å². The number of benzene rings is 1. The van der Waals surface area contributed by atoms with Crippen LogP contribution in [0, 0.1) is 6.92 Å². The zero-order valence-corrected chi connectivity index (χ0v) is 10.5. The lowest BCUT2D eigenvalue weighted by atomic mass is 10.2. The molecular weight excluding hydrogens is 222 g/mol. The fourth-order valence-corrected chi connectivity index (χ4v) is 2.12. The van der Waals surface area contributed by atoms with Crippen molar-refractivity contribution in [2.24, 2.45) is 4.40 Å². The molecule has 0 amide bonds. The molecule has 0 heterocycles. The minimum Gasteiger partial charge on any atom is -0.199 e. The van der Waals surface area contributed by atoms with Crippen LogP contribution in [-0.4, -0.2) is 14.6 Å². The average Bonchev–Trinajstić information content (AvgIpc) is 2.25. The number of aryl methyl sites for hydroxylation is 1. The molecule has 0 unspecified atom stereocenters. The predicted molar refractivity (Wildman–Crippen MR) is 66.4 cm³/mol. The lowest BCUT2D eigenvalue weighted by molar-refractivity contribution is 0.598. The highest BCUT2D eigenvalue weighted by Gasteiger charge is 2.10. The van der Waals surface area contributed by atoms with Crippen molar-refractivity contribution in [2.45, 2.75) is 38.0 Å². The van der Waals surface area contributed by atoms with Crippen LogP contribution >= 0.6 is 0 Å². The number of unbranched alkanes of at least 4 members (excludes halogenated alkanes) is 2. The lowest BCUT2D eigenvalue weighted by Crippen LogP contribution is -1.97. The van der Waals surface area contributed by atoms with E-state index in [2.05, 4.69) is 11.3 Å². The van der Waals surface area contributed by atoms with Crippen molar-refractivity contribution in [3.63, 3.8) is 0 Å². The lowest BCUT2D eigenvalue weighted by Gasteiger charge is -1.98. The molecular formula is C12H17NO2S. The molecule has 88 valence electrons. The first-order valence-corrected chi connectivity index (χ1v) is 6.86. The number of rotatable bonds is 5. The van der Waals surface area contributed by atoms with Gasteiger partial charge in [0.15, 0.2) is 0 Å². The molecule has 1 rings (SSSR count). The van der Waals surface area contributed by atoms with Gasteiger partial charge in [-0.3, -0.25) is 0 Å². The Balaban J connectivity index is 2.78. The predicted octanol–water partition coefficient (Wildman–Crippen LogP) is 2.94. The Kier molecular flexibility index (Phi) is 4.68. The highest BCUT2D eigenvalue weighted by Crippen LogP contribution is 2.12. The van der Waals surface area contributed by atoms with Crippen LogP contribution in [0.5, 0.6) is 0 Å². The summed E-state index contributed by atoms with van der Waals surface area (Å²) in [5, 5.41) is 0. The van der Waals surface area contributed by atoms with E-state index in [-0.39, 0.29) is 4.90 Å². The first-order valence-electron chi connectivity index (χ1n) is 5.41. The fourth-order valence-electron chi connectivity index (χ4n) is 1.22. The van der Waals surface area contributed by atoms with Gasteiger partial charge in [-0.1, -0.05) is 31.0 Å². The third-order valence-corrected chi connectivity index (χ3v) is 3.51. The second-order valence-electron chi connectivity index (χ2n) is 3.72. The van der Waals surface area contributed by atoms with Gasteiger partial charge in [-0.05, 0) is 31.9 Å². The third-order valence-electron chi connectivity index (χ3n) is 2.22. The summed E-state index contributed by atoms with van der Waals surface area (Å²) in [7, 11) is -3.49. The smallest absolute Gasteiger partial charge is 0.199 e. The summed E-state index contributed by atoms with van der Waals surface area (Å²) in [4.78, 5) is 0.255. The summed E-state index contributed by atoms with van der Waals surface area (Å²) in [6.07, 6.45) is 4.20. The number of nitrogens with zero attached hydrogens (tertiary/aromatic N) is 1. The van der Waals surface area contributed by atoms with E-state index < -0.39 is 10.0 Å². The molecule has 3 nitrogen and oxygen atoms in total. The Bertz CT molecular complexity index is 446. The summed E-state index contributed by atoms with van der Waals surface area (Å²) < 4.78 is 27.1. The van der Waals surface area contributed by atoms with Crippen molar-refractivity contribution in [3.05, 3.63) is 29.8 Å². The maximum Gasteiger partial charge on any atom is 0.281 e. The molecule has 16 heavy (non-hydrogen) atoms. The molecule has 0 spiro atoms. The number of hydrogen-bond acceptors (Lipinski definition) is 2. The van der Waals surface area contributed by atoms with Gasteiger partial charge < -0.3 is 0 Å². The van der Waals surface area contributed by atoms with Gasteiger partial charge in [0, 0.05) is 6.21 Å². The Morgan fingerprint density at radius 3 is 2.44 bits per heavy atom. The van der Waals surface area contributed by atoms with Crippen molar-refractivity contribution in [3.8, 4) is 0 Å². The number of hydrogen-bond donors (Lipinski definition) is 0. The van der Waals surface area contributed by atoms with Crippen LogP contribution in [0.3, 0.4) is 0 Å². The van der Waals surface area contributed by atoms with Gasteiger partial charge in [-0.25, -0.2) is 0 Å². The Hall–Kier alpha value is -1.16. The molecule has 0 aromatic heterocycles. The van der Waals surface area contributed by atoms with Crippen LogP contribution in [-0.2, 0) is 10.0 Å². The fraction of sp³-hybridized carbons (Fsp3) is 0.417. The summed E-state index contributed by atoms with van der Waals surface area (Å²) in [5.74, 6) is 0. The molecule has 0 aliphatic rings. The first-order chi connectivity index (χ1) is 7.56. The van der Waals surface area contributed by atoms with E-state index in [1.165, 1.54) is 6.21 Å². The summed E-state index contributed by atoms with van der Waals surface area (Å²) >= 11 is 0. The van der Waals surface area contributed by atoms with Crippen LogP contribution in [0.1, 0.15) is 31.7 Å². The Morgan fingerprint density at radius 1 is 1.25 bits per heavy atom. The maximum absolute atomic E-state index is 11.7. The van der Waals surface area contributed by atoms with Crippen molar-refractivity contribution in [1.29, 1.82) is 0 Å². The molecule has 1 aromatic carbocycles. The average molecular weight is 239 g/mol. The standard InChI is InChI=1S/C12H17NO2S/c1-3-4-5-10-13-16(14,15)12-8-6-11(2)7-9-12/h6-10H,3-5H2,1-2H3/b13-10-. The van der Waals surface area contributed by atoms with Gasteiger partial charge >= 0.3 is 0 Å². The van der Waals surface area contributed by atoms with Gasteiger partial charge in [-0.15, -0.1) is 0 Å². The molecule has 0 atom stereocenters. The quantitative estimate of drug-likeness (QED) is 0.586. The van der Waals surface area contributed by atoms with Crippen LogP contribution in [0.15, 0.2) is 33.6 Å². The van der Waals surface area contributed by atoms with Gasteiger partial charge in [0.2, 0.25) is 0 Å². The minimum atomic E-state index is -3.49. The molecule has 0 fully saturated rings. The van der Waals surface area contributed by atoms with Gasteiger partial charge in [0.1, 0.15) is 0 Å². The van der Waals surface area contributed by atoms with E-state index in [9.17, 15) is 8.42 Å². The van der Waals surface area contributed by atoms with Crippen LogP contribution in [0.2, 0.25) is 0 Å². The van der Waals surface area contributed by atoms with Crippen LogP contribution < -0.4 is 0 Å². The highest BCUT2D eigenvalue weighted by molar-refractivity contribution is 7.90. The topological polar surface area (TPSA) is 46.5 Å². The first kappa shape index (κ1) is 12.9. The van der Waals surface area contributed by atoms with E-state index in [1.54, 1.807) is 24.3 Å². The SMILES string of the molecule is CCCC/C=N\S(=O)(=O)c1ccc(C)cc1. The normalized spacial score (nSPS) is 12.1. The zero-order valence-electron chi connectivity index (χ0n) is 9.68. The summed E-state index contributed by atoms with van der Waals surface area (Å²) in [6, 6.07) is 6.71. The molecule has 1 aromatic rings. The van der Waals surface area contributed by atoms with E-state index in [0.29, 0.717) is 6.42 Å². The number of sulfonamides is 1. The molecule has 0 aliphatic carbocycles. The van der Waals surface area contributed by atoms with E-state index in [4.69, 9.17) is 0 Å². The largest absolute Gasteiger partial charge is 0.281 e. The molecule has 0 saturated carbocycles. The molecule has 0 radical (unpaired) electrons. The van der Waals surface area contributed by atoms with Crippen molar-refractivity contribution in [1.82, 2.24) is 0 Å². The minimum absolute atomic E-state index is 0.255. The van der Waals surface area contributed by atoms with Crippen molar-refractivity contribution >= 4 is 16.2 Å². The van der Waals surface area contributed by atoms with E-state index in [0.717, 1.165) is 18.4 Å². The molecule has 0 saturated heterocycles. The third kappa shape index (κ3) is 3.77. The zero-order chi connectivity index (χ0) is 12.0. The monoisotopic (exact) mass is 239 g/mol. The van der Waals surface area contributed by atoms with Crippen molar-refractivity contribution < 1.29 is 8.42 Å². The molecule has 0 N–H and O–H groups in total. The second-order valence-corrected chi connectivity index (χ2v) is 5.35. The van der Waals surface area contributed by atoms with E-state index in [1.807, 2.05) is 6.92 Å². The molecule has 4 heteroatoms. The second kappa shape index (κ2) is 5.80. The van der Waals surface area contributed by atoms with Crippen LogP contribution in [0.4, 0.5) is 0 Å².